The monoisotopic (exact) mass is 332 g/mol. The van der Waals surface area contributed by atoms with Crippen LogP contribution in [0.1, 0.15) is 21.8 Å². The number of carbonyl (C=O) groups is 1. The minimum atomic E-state index is -1.14. The fraction of sp³-hybridized carbons (Fsp3) is 0.200. The van der Waals surface area contributed by atoms with Gasteiger partial charge >= 0.3 is 5.97 Å². The third-order valence-electron chi connectivity index (χ3n) is 3.38. The summed E-state index contributed by atoms with van der Waals surface area (Å²) in [5.74, 6) is -0.784. The van der Waals surface area contributed by atoms with E-state index in [4.69, 9.17) is 14.4 Å². The molecule has 0 bridgehead atoms. The number of aromatic nitrogens is 4. The van der Waals surface area contributed by atoms with E-state index in [0.29, 0.717) is 22.7 Å². The fourth-order valence-corrected chi connectivity index (χ4v) is 2.11. The minimum absolute atomic E-state index is 0.0717. The Balaban J connectivity index is 1.84. The third kappa shape index (κ3) is 2.96. The molecule has 0 aliphatic carbocycles. The standard InChI is InChI=1S/C15H13FN4O4/c1-8-10(7-23-13-5-12(15(21)22)18-20(13)2)14(19-24-8)11-4-3-9(16)6-17-11/h3-6H,7H2,1-2H3,(H,21,22). The van der Waals surface area contributed by atoms with Crippen LogP contribution in [-0.2, 0) is 13.7 Å². The molecule has 0 radical (unpaired) electrons. The molecule has 3 aromatic heterocycles. The van der Waals surface area contributed by atoms with Gasteiger partial charge in [-0.15, -0.1) is 0 Å². The fourth-order valence-electron chi connectivity index (χ4n) is 2.11. The Morgan fingerprint density at radius 2 is 2.25 bits per heavy atom. The Labute approximate surface area is 135 Å². The summed E-state index contributed by atoms with van der Waals surface area (Å²) in [5, 5.41) is 16.7. The first-order chi connectivity index (χ1) is 11.5. The molecule has 3 aromatic rings. The van der Waals surface area contributed by atoms with E-state index in [1.165, 1.54) is 22.9 Å². The Bertz CT molecular complexity index is 886. The molecule has 1 N–H and O–H groups in total. The summed E-state index contributed by atoms with van der Waals surface area (Å²) in [7, 11) is 1.57. The van der Waals surface area contributed by atoms with Gasteiger partial charge in [-0.1, -0.05) is 5.16 Å². The Kier molecular flexibility index (Phi) is 3.98. The van der Waals surface area contributed by atoms with E-state index >= 15 is 0 Å². The average Bonchev–Trinajstić information content (AvgIpc) is 3.09. The van der Waals surface area contributed by atoms with Crippen LogP contribution in [0.2, 0.25) is 0 Å². The van der Waals surface area contributed by atoms with Crippen molar-refractivity contribution in [3.8, 4) is 17.3 Å². The largest absolute Gasteiger partial charge is 0.476 e. The topological polar surface area (TPSA) is 103 Å². The molecule has 0 saturated carbocycles. The summed E-state index contributed by atoms with van der Waals surface area (Å²) >= 11 is 0. The van der Waals surface area contributed by atoms with Crippen molar-refractivity contribution in [2.75, 3.05) is 0 Å². The number of hydrogen-bond acceptors (Lipinski definition) is 6. The number of nitrogens with zero attached hydrogens (tertiary/aromatic N) is 4. The number of hydrogen-bond donors (Lipinski definition) is 1. The molecular formula is C15H13FN4O4. The lowest BCUT2D eigenvalue weighted by molar-refractivity contribution is 0.0689. The van der Waals surface area contributed by atoms with Gasteiger partial charge in [0.05, 0.1) is 17.5 Å². The van der Waals surface area contributed by atoms with Gasteiger partial charge in [0, 0.05) is 13.1 Å². The normalized spacial score (nSPS) is 10.8. The molecule has 0 saturated heterocycles. The molecular weight excluding hydrogens is 319 g/mol. The number of aryl methyl sites for hydroxylation is 2. The zero-order valence-electron chi connectivity index (χ0n) is 12.9. The van der Waals surface area contributed by atoms with E-state index in [1.807, 2.05) is 0 Å². The first-order valence-corrected chi connectivity index (χ1v) is 6.93. The van der Waals surface area contributed by atoms with Gasteiger partial charge in [-0.05, 0) is 19.1 Å². The molecule has 24 heavy (non-hydrogen) atoms. The van der Waals surface area contributed by atoms with Crippen molar-refractivity contribution >= 4 is 5.97 Å². The van der Waals surface area contributed by atoms with Crippen LogP contribution < -0.4 is 4.74 Å². The molecule has 0 atom stereocenters. The highest BCUT2D eigenvalue weighted by molar-refractivity contribution is 5.85. The molecule has 3 rings (SSSR count). The summed E-state index contributed by atoms with van der Waals surface area (Å²) < 4.78 is 25.1. The van der Waals surface area contributed by atoms with Gasteiger partial charge in [-0.25, -0.2) is 13.9 Å². The second-order valence-corrected chi connectivity index (χ2v) is 5.01. The van der Waals surface area contributed by atoms with Crippen molar-refractivity contribution in [2.45, 2.75) is 13.5 Å². The van der Waals surface area contributed by atoms with Gasteiger partial charge in [0.25, 0.3) is 0 Å². The first kappa shape index (κ1) is 15.7. The molecule has 0 aliphatic rings. The predicted octanol–water partition coefficient (Wildman–Crippen LogP) is 2.19. The first-order valence-electron chi connectivity index (χ1n) is 6.93. The van der Waals surface area contributed by atoms with E-state index in [-0.39, 0.29) is 18.2 Å². The van der Waals surface area contributed by atoms with Crippen molar-refractivity contribution in [2.24, 2.45) is 7.05 Å². The Morgan fingerprint density at radius 1 is 1.46 bits per heavy atom. The highest BCUT2D eigenvalue weighted by Gasteiger charge is 2.18. The van der Waals surface area contributed by atoms with Crippen molar-refractivity contribution in [1.29, 1.82) is 0 Å². The van der Waals surface area contributed by atoms with Crippen LogP contribution >= 0.6 is 0 Å². The Hall–Kier alpha value is -3.23. The van der Waals surface area contributed by atoms with Crippen LogP contribution in [0.25, 0.3) is 11.4 Å². The highest BCUT2D eigenvalue weighted by Crippen LogP contribution is 2.25. The zero-order chi connectivity index (χ0) is 17.3. The van der Waals surface area contributed by atoms with Gasteiger partial charge in [0.2, 0.25) is 5.88 Å². The lowest BCUT2D eigenvalue weighted by atomic mass is 10.1. The Morgan fingerprint density at radius 3 is 2.88 bits per heavy atom. The number of carboxylic acid groups (broad SMARTS) is 1. The molecule has 0 fully saturated rings. The smallest absolute Gasteiger partial charge is 0.356 e. The maximum absolute atomic E-state index is 13.0. The summed E-state index contributed by atoms with van der Waals surface area (Å²) in [6.45, 7) is 1.78. The number of carboxylic acids is 1. The van der Waals surface area contributed by atoms with Crippen LogP contribution in [0, 0.1) is 12.7 Å². The molecule has 0 unspecified atom stereocenters. The van der Waals surface area contributed by atoms with Crippen molar-refractivity contribution < 1.29 is 23.6 Å². The van der Waals surface area contributed by atoms with Crippen molar-refractivity contribution in [3.63, 3.8) is 0 Å². The molecule has 9 heteroatoms. The number of pyridine rings is 1. The molecule has 0 spiro atoms. The van der Waals surface area contributed by atoms with Crippen molar-refractivity contribution in [1.82, 2.24) is 19.9 Å². The van der Waals surface area contributed by atoms with Gasteiger partial charge < -0.3 is 14.4 Å². The highest BCUT2D eigenvalue weighted by atomic mass is 19.1. The van der Waals surface area contributed by atoms with Crippen LogP contribution in [0.3, 0.4) is 0 Å². The minimum Gasteiger partial charge on any atom is -0.476 e. The summed E-state index contributed by atoms with van der Waals surface area (Å²) in [6.07, 6.45) is 1.09. The van der Waals surface area contributed by atoms with Crippen molar-refractivity contribution in [3.05, 3.63) is 47.2 Å². The van der Waals surface area contributed by atoms with Crippen LogP contribution in [0.5, 0.6) is 5.88 Å². The molecule has 124 valence electrons. The quantitative estimate of drug-likeness (QED) is 0.764. The van der Waals surface area contributed by atoms with E-state index in [0.717, 1.165) is 6.20 Å². The maximum Gasteiger partial charge on any atom is 0.356 e. The molecule has 8 nitrogen and oxygen atoms in total. The van der Waals surface area contributed by atoms with E-state index in [2.05, 4.69) is 15.2 Å². The molecule has 0 aromatic carbocycles. The van der Waals surface area contributed by atoms with Gasteiger partial charge in [0.1, 0.15) is 23.9 Å². The summed E-state index contributed by atoms with van der Waals surface area (Å²) in [6, 6.07) is 4.08. The summed E-state index contributed by atoms with van der Waals surface area (Å²) in [4.78, 5) is 14.9. The van der Waals surface area contributed by atoms with E-state index in [9.17, 15) is 9.18 Å². The van der Waals surface area contributed by atoms with Gasteiger partial charge in [-0.3, -0.25) is 4.98 Å². The SMILES string of the molecule is Cc1onc(-c2ccc(F)cn2)c1COc1cc(C(=O)O)nn1C. The van der Waals surface area contributed by atoms with Gasteiger partial charge in [-0.2, -0.15) is 5.10 Å². The van der Waals surface area contributed by atoms with Crippen LogP contribution in [-0.4, -0.2) is 31.0 Å². The summed E-state index contributed by atoms with van der Waals surface area (Å²) in [5.41, 5.74) is 1.40. The third-order valence-corrected chi connectivity index (χ3v) is 3.38. The van der Waals surface area contributed by atoms with Crippen LogP contribution in [0.15, 0.2) is 28.9 Å². The van der Waals surface area contributed by atoms with Crippen LogP contribution in [0.4, 0.5) is 4.39 Å². The second kappa shape index (κ2) is 6.11. The second-order valence-electron chi connectivity index (χ2n) is 5.01. The van der Waals surface area contributed by atoms with Gasteiger partial charge in [0.15, 0.2) is 5.69 Å². The number of ether oxygens (including phenoxy) is 1. The van der Waals surface area contributed by atoms with E-state index in [1.54, 1.807) is 14.0 Å². The maximum atomic E-state index is 13.0. The zero-order valence-corrected chi connectivity index (χ0v) is 12.9. The number of aromatic carboxylic acids is 1. The molecule has 0 amide bonds. The lowest BCUT2D eigenvalue weighted by Crippen LogP contribution is -2.03. The molecule has 3 heterocycles. The van der Waals surface area contributed by atoms with E-state index < -0.39 is 11.8 Å². The lowest BCUT2D eigenvalue weighted by Gasteiger charge is -2.06. The predicted molar refractivity (Wildman–Crippen MR) is 78.9 cm³/mol. The molecule has 0 aliphatic heterocycles. The number of rotatable bonds is 5. The average molecular weight is 332 g/mol. The number of halogens is 1.